The number of methoxy groups -OCH3 is 1. The number of sulfonamides is 1. The van der Waals surface area contributed by atoms with Crippen LogP contribution in [0.25, 0.3) is 0 Å². The van der Waals surface area contributed by atoms with Crippen LogP contribution in [0.2, 0.25) is 0 Å². The van der Waals surface area contributed by atoms with E-state index in [1.54, 1.807) is 19.2 Å². The Labute approximate surface area is 161 Å². The SMILES string of the molecule is COc1ccc(CCN(C(C)C)S(=O)(=O)c2ccc(NC(C)=O)cc2)cc1. The predicted octanol–water partition coefficient (Wildman–Crippen LogP) is 3.30. The van der Waals surface area contributed by atoms with Crippen LogP contribution in [0.4, 0.5) is 5.69 Å². The highest BCUT2D eigenvalue weighted by Gasteiger charge is 2.26. The third kappa shape index (κ3) is 5.55. The average molecular weight is 391 g/mol. The Kier molecular flexibility index (Phi) is 6.98. The normalized spacial score (nSPS) is 11.6. The van der Waals surface area contributed by atoms with Crippen molar-refractivity contribution in [3.05, 3.63) is 54.1 Å². The third-order valence-corrected chi connectivity index (χ3v) is 6.23. The summed E-state index contributed by atoms with van der Waals surface area (Å²) < 4.78 is 32.7. The first-order chi connectivity index (χ1) is 12.7. The summed E-state index contributed by atoms with van der Waals surface area (Å²) >= 11 is 0. The number of ether oxygens (including phenoxy) is 1. The van der Waals surface area contributed by atoms with Crippen molar-refractivity contribution >= 4 is 21.6 Å². The first-order valence-electron chi connectivity index (χ1n) is 8.76. The largest absolute Gasteiger partial charge is 0.497 e. The van der Waals surface area contributed by atoms with Gasteiger partial charge in [-0.25, -0.2) is 8.42 Å². The molecule has 0 saturated carbocycles. The molecule has 1 N–H and O–H groups in total. The summed E-state index contributed by atoms with van der Waals surface area (Å²) in [5.74, 6) is 0.570. The topological polar surface area (TPSA) is 75.7 Å². The summed E-state index contributed by atoms with van der Waals surface area (Å²) in [7, 11) is -2.02. The number of hydrogen-bond donors (Lipinski definition) is 1. The Morgan fingerprint density at radius 3 is 2.15 bits per heavy atom. The summed E-state index contributed by atoms with van der Waals surface area (Å²) in [6.07, 6.45) is 0.603. The molecule has 0 aliphatic carbocycles. The minimum atomic E-state index is -3.63. The number of amides is 1. The molecule has 0 aliphatic heterocycles. The Hall–Kier alpha value is -2.38. The Morgan fingerprint density at radius 1 is 1.07 bits per heavy atom. The summed E-state index contributed by atoms with van der Waals surface area (Å²) in [4.78, 5) is 11.3. The van der Waals surface area contributed by atoms with E-state index >= 15 is 0 Å². The van der Waals surface area contributed by atoms with Crippen molar-refractivity contribution < 1.29 is 17.9 Å². The monoisotopic (exact) mass is 390 g/mol. The summed E-state index contributed by atoms with van der Waals surface area (Å²) in [6.45, 7) is 5.50. The van der Waals surface area contributed by atoms with E-state index in [0.717, 1.165) is 11.3 Å². The van der Waals surface area contributed by atoms with Crippen molar-refractivity contribution in [2.45, 2.75) is 38.1 Å². The molecule has 0 fully saturated rings. The molecule has 1 amide bonds. The average Bonchev–Trinajstić information content (AvgIpc) is 2.62. The molecular formula is C20H26N2O4S. The second-order valence-corrected chi connectivity index (χ2v) is 8.40. The molecule has 0 saturated heterocycles. The molecular weight excluding hydrogens is 364 g/mol. The fourth-order valence-electron chi connectivity index (χ4n) is 2.74. The lowest BCUT2D eigenvalue weighted by Gasteiger charge is -2.26. The highest BCUT2D eigenvalue weighted by molar-refractivity contribution is 7.89. The third-order valence-electron chi connectivity index (χ3n) is 4.14. The van der Waals surface area contributed by atoms with Crippen LogP contribution in [0.15, 0.2) is 53.4 Å². The molecule has 0 aliphatic rings. The molecule has 2 aromatic carbocycles. The quantitative estimate of drug-likeness (QED) is 0.750. The Morgan fingerprint density at radius 2 is 1.67 bits per heavy atom. The van der Waals surface area contributed by atoms with Crippen molar-refractivity contribution in [2.75, 3.05) is 19.0 Å². The van der Waals surface area contributed by atoms with Gasteiger partial charge in [-0.1, -0.05) is 12.1 Å². The van der Waals surface area contributed by atoms with E-state index in [9.17, 15) is 13.2 Å². The molecule has 27 heavy (non-hydrogen) atoms. The number of nitrogens with zero attached hydrogens (tertiary/aromatic N) is 1. The molecule has 0 bridgehead atoms. The molecule has 7 heteroatoms. The van der Waals surface area contributed by atoms with Crippen LogP contribution in [0.3, 0.4) is 0 Å². The lowest BCUT2D eigenvalue weighted by molar-refractivity contribution is -0.114. The van der Waals surface area contributed by atoms with E-state index in [2.05, 4.69) is 5.32 Å². The van der Waals surface area contributed by atoms with Crippen LogP contribution in [-0.2, 0) is 21.2 Å². The van der Waals surface area contributed by atoms with Crippen LogP contribution in [-0.4, -0.2) is 38.3 Å². The van der Waals surface area contributed by atoms with Gasteiger partial charge in [0.2, 0.25) is 15.9 Å². The number of anilines is 1. The number of carbonyl (C=O) groups excluding carboxylic acids is 1. The second-order valence-electron chi connectivity index (χ2n) is 6.51. The van der Waals surface area contributed by atoms with E-state index in [-0.39, 0.29) is 16.8 Å². The van der Waals surface area contributed by atoms with E-state index in [4.69, 9.17) is 4.74 Å². The van der Waals surface area contributed by atoms with Gasteiger partial charge in [0.15, 0.2) is 0 Å². The standard InChI is InChI=1S/C20H26N2O4S/c1-15(2)22(14-13-17-5-9-19(26-4)10-6-17)27(24,25)20-11-7-18(8-12-20)21-16(3)23/h5-12,15H,13-14H2,1-4H3,(H,21,23). The molecule has 0 heterocycles. The van der Waals surface area contributed by atoms with Crippen molar-refractivity contribution in [1.82, 2.24) is 4.31 Å². The molecule has 0 spiro atoms. The summed E-state index contributed by atoms with van der Waals surface area (Å²) in [5, 5.41) is 2.63. The number of rotatable bonds is 8. The van der Waals surface area contributed by atoms with Gasteiger partial charge in [-0.05, 0) is 62.2 Å². The lowest BCUT2D eigenvalue weighted by atomic mass is 10.1. The zero-order valence-corrected chi connectivity index (χ0v) is 16.9. The molecule has 6 nitrogen and oxygen atoms in total. The highest BCUT2D eigenvalue weighted by Crippen LogP contribution is 2.21. The van der Waals surface area contributed by atoms with E-state index in [1.165, 1.54) is 23.4 Å². The van der Waals surface area contributed by atoms with Crippen molar-refractivity contribution in [2.24, 2.45) is 0 Å². The molecule has 0 aromatic heterocycles. The van der Waals surface area contributed by atoms with Crippen LogP contribution < -0.4 is 10.1 Å². The zero-order valence-electron chi connectivity index (χ0n) is 16.1. The van der Waals surface area contributed by atoms with Crippen LogP contribution >= 0.6 is 0 Å². The van der Waals surface area contributed by atoms with Crippen molar-refractivity contribution in [1.29, 1.82) is 0 Å². The molecule has 146 valence electrons. The van der Waals surface area contributed by atoms with Gasteiger partial charge in [0.1, 0.15) is 5.75 Å². The Balaban J connectivity index is 2.16. The maximum Gasteiger partial charge on any atom is 0.243 e. The van der Waals surface area contributed by atoms with Crippen LogP contribution in [0.5, 0.6) is 5.75 Å². The van der Waals surface area contributed by atoms with Gasteiger partial charge in [0, 0.05) is 25.2 Å². The fourth-order valence-corrected chi connectivity index (χ4v) is 4.37. The Bertz CT molecular complexity index is 860. The number of benzene rings is 2. The molecule has 2 aromatic rings. The van der Waals surface area contributed by atoms with E-state index in [0.29, 0.717) is 18.7 Å². The van der Waals surface area contributed by atoms with Crippen LogP contribution in [0, 0.1) is 0 Å². The highest BCUT2D eigenvalue weighted by atomic mass is 32.2. The molecule has 0 radical (unpaired) electrons. The minimum absolute atomic E-state index is 0.178. The minimum Gasteiger partial charge on any atom is -0.497 e. The fraction of sp³-hybridized carbons (Fsp3) is 0.350. The molecule has 0 atom stereocenters. The van der Waals surface area contributed by atoms with Crippen molar-refractivity contribution in [3.8, 4) is 5.75 Å². The van der Waals surface area contributed by atoms with Gasteiger partial charge in [-0.15, -0.1) is 0 Å². The predicted molar refractivity (Wildman–Crippen MR) is 106 cm³/mol. The summed E-state index contributed by atoms with van der Waals surface area (Å²) in [5.41, 5.74) is 1.61. The van der Waals surface area contributed by atoms with Gasteiger partial charge in [0.25, 0.3) is 0 Å². The summed E-state index contributed by atoms with van der Waals surface area (Å²) in [6, 6.07) is 13.6. The van der Waals surface area contributed by atoms with Gasteiger partial charge < -0.3 is 10.1 Å². The van der Waals surface area contributed by atoms with Crippen LogP contribution in [0.1, 0.15) is 26.3 Å². The maximum atomic E-state index is 13.0. The van der Waals surface area contributed by atoms with Gasteiger partial charge in [0.05, 0.1) is 12.0 Å². The molecule has 2 rings (SSSR count). The lowest BCUT2D eigenvalue weighted by Crippen LogP contribution is -2.38. The van der Waals surface area contributed by atoms with Gasteiger partial charge in [-0.3, -0.25) is 4.79 Å². The number of nitrogens with one attached hydrogen (secondary N) is 1. The number of carbonyl (C=O) groups is 1. The first-order valence-corrected chi connectivity index (χ1v) is 10.2. The zero-order chi connectivity index (χ0) is 20.0. The molecule has 0 unspecified atom stereocenters. The van der Waals surface area contributed by atoms with E-state index < -0.39 is 10.0 Å². The maximum absolute atomic E-state index is 13.0. The van der Waals surface area contributed by atoms with Gasteiger partial charge >= 0.3 is 0 Å². The smallest absolute Gasteiger partial charge is 0.243 e. The number of hydrogen-bond acceptors (Lipinski definition) is 4. The van der Waals surface area contributed by atoms with Crippen molar-refractivity contribution in [3.63, 3.8) is 0 Å². The first kappa shape index (κ1) is 20.9. The van der Waals surface area contributed by atoms with Gasteiger partial charge in [-0.2, -0.15) is 4.31 Å². The van der Waals surface area contributed by atoms with E-state index in [1.807, 2.05) is 38.1 Å². The second kappa shape index (κ2) is 9.01.